The number of aliphatic hydroxyl groups is 4. The Morgan fingerprint density at radius 2 is 1.27 bits per heavy atom. The minimum atomic E-state index is -1.53. The Hall–Kier alpha value is -1.59. The molecule has 0 aromatic heterocycles. The van der Waals surface area contributed by atoms with Crippen LogP contribution in [0.3, 0.4) is 0 Å². The number of ether oxygens (including phenoxy) is 4. The maximum absolute atomic E-state index is 12.6. The third-order valence-electron chi connectivity index (χ3n) is 8.57. The lowest BCUT2D eigenvalue weighted by atomic mass is 9.99. The van der Waals surface area contributed by atoms with Crippen molar-refractivity contribution in [2.75, 3.05) is 26.4 Å². The summed E-state index contributed by atoms with van der Waals surface area (Å²) in [7, 11) is 0. The summed E-state index contributed by atoms with van der Waals surface area (Å²) in [5.74, 6) is -0.325. The Labute approximate surface area is 291 Å². The zero-order valence-corrected chi connectivity index (χ0v) is 30.2. The van der Waals surface area contributed by atoms with E-state index < -0.39 is 43.4 Å². The van der Waals surface area contributed by atoms with Crippen LogP contribution in [0, 0.1) is 0 Å². The van der Waals surface area contributed by atoms with Gasteiger partial charge in [-0.25, -0.2) is 0 Å². The summed E-state index contributed by atoms with van der Waals surface area (Å²) in [6.45, 7) is 4.37. The number of esters is 1. The van der Waals surface area contributed by atoms with Gasteiger partial charge in [0.1, 0.15) is 30.5 Å². The van der Waals surface area contributed by atoms with Crippen LogP contribution >= 0.6 is 0 Å². The fraction of sp³-hybridized carbons (Fsp3) is 0.821. The van der Waals surface area contributed by atoms with Crippen LogP contribution in [-0.4, -0.2) is 89.6 Å². The molecule has 0 saturated carbocycles. The van der Waals surface area contributed by atoms with Crippen LogP contribution in [0.4, 0.5) is 0 Å². The Morgan fingerprint density at radius 1 is 0.688 bits per heavy atom. The molecule has 0 amide bonds. The van der Waals surface area contributed by atoms with E-state index in [0.717, 1.165) is 57.8 Å². The maximum Gasteiger partial charge on any atom is 0.306 e. The van der Waals surface area contributed by atoms with E-state index in [2.05, 4.69) is 50.3 Å². The Morgan fingerprint density at radius 3 is 1.92 bits per heavy atom. The number of hydrogen-bond donors (Lipinski definition) is 4. The van der Waals surface area contributed by atoms with Gasteiger partial charge in [-0.15, -0.1) is 0 Å². The molecule has 1 fully saturated rings. The number of unbranched alkanes of at least 4 members (excludes halogenated alkanes) is 14. The molecular formula is C39H70O9. The summed E-state index contributed by atoms with van der Waals surface area (Å²) < 4.78 is 22.6. The van der Waals surface area contributed by atoms with Gasteiger partial charge in [-0.3, -0.25) is 4.79 Å². The molecule has 48 heavy (non-hydrogen) atoms. The van der Waals surface area contributed by atoms with E-state index in [1.165, 1.54) is 64.2 Å². The molecule has 0 bridgehead atoms. The quantitative estimate of drug-likeness (QED) is 0.0339. The smallest absolute Gasteiger partial charge is 0.306 e. The minimum absolute atomic E-state index is 0.116. The van der Waals surface area contributed by atoms with Gasteiger partial charge in [0.2, 0.25) is 0 Å². The first-order valence-electron chi connectivity index (χ1n) is 19.1. The van der Waals surface area contributed by atoms with Gasteiger partial charge in [-0.2, -0.15) is 0 Å². The topological polar surface area (TPSA) is 135 Å². The number of rotatable bonds is 31. The Bertz CT molecular complexity index is 828. The molecule has 6 atom stereocenters. The van der Waals surface area contributed by atoms with E-state index in [9.17, 15) is 25.2 Å². The normalized spacial score (nSPS) is 22.3. The first-order chi connectivity index (χ1) is 23.4. The first kappa shape index (κ1) is 44.4. The summed E-state index contributed by atoms with van der Waals surface area (Å²) in [4.78, 5) is 12.6. The lowest BCUT2D eigenvalue weighted by molar-refractivity contribution is -0.305. The molecule has 0 radical (unpaired) electrons. The summed E-state index contributed by atoms with van der Waals surface area (Å²) in [5, 5.41) is 39.8. The lowest BCUT2D eigenvalue weighted by Gasteiger charge is -2.39. The second-order valence-electron chi connectivity index (χ2n) is 13.0. The van der Waals surface area contributed by atoms with Crippen molar-refractivity contribution in [2.24, 2.45) is 0 Å². The van der Waals surface area contributed by atoms with Crippen molar-refractivity contribution in [2.45, 2.75) is 179 Å². The summed E-state index contributed by atoms with van der Waals surface area (Å²) in [6.07, 6.45) is 27.6. The SMILES string of the molecule is CC/C=C\C/C=C\C/C=C\CCCCCCCCCCOCC(COC1OC(CO)C(O)C(O)C1O)OC(=O)CCCCCCCCC. The average Bonchev–Trinajstić information content (AvgIpc) is 3.08. The predicted molar refractivity (Wildman–Crippen MR) is 192 cm³/mol. The number of carbonyl (C=O) groups excluding carboxylic acids is 1. The van der Waals surface area contributed by atoms with Crippen molar-refractivity contribution >= 4 is 5.97 Å². The first-order valence-corrected chi connectivity index (χ1v) is 19.1. The van der Waals surface area contributed by atoms with Crippen LogP contribution in [-0.2, 0) is 23.7 Å². The fourth-order valence-corrected chi connectivity index (χ4v) is 5.56. The van der Waals surface area contributed by atoms with Gasteiger partial charge < -0.3 is 39.4 Å². The summed E-state index contributed by atoms with van der Waals surface area (Å²) in [5.41, 5.74) is 0. The highest BCUT2D eigenvalue weighted by molar-refractivity contribution is 5.69. The largest absolute Gasteiger partial charge is 0.457 e. The highest BCUT2D eigenvalue weighted by Crippen LogP contribution is 2.22. The van der Waals surface area contributed by atoms with Crippen LogP contribution < -0.4 is 0 Å². The van der Waals surface area contributed by atoms with E-state index in [1.54, 1.807) is 0 Å². The molecule has 1 rings (SSSR count). The van der Waals surface area contributed by atoms with Gasteiger partial charge in [0.05, 0.1) is 19.8 Å². The maximum atomic E-state index is 12.6. The van der Waals surface area contributed by atoms with E-state index in [1.807, 2.05) is 0 Å². The van der Waals surface area contributed by atoms with Crippen LogP contribution in [0.1, 0.15) is 142 Å². The molecular weight excluding hydrogens is 612 g/mol. The lowest BCUT2D eigenvalue weighted by Crippen LogP contribution is -2.59. The molecule has 0 spiro atoms. The minimum Gasteiger partial charge on any atom is -0.457 e. The van der Waals surface area contributed by atoms with Gasteiger partial charge in [-0.05, 0) is 44.9 Å². The third kappa shape index (κ3) is 22.9. The van der Waals surface area contributed by atoms with Gasteiger partial charge in [0.15, 0.2) is 6.29 Å². The van der Waals surface area contributed by atoms with Crippen molar-refractivity contribution < 1.29 is 44.2 Å². The Kier molecular flexibility index (Phi) is 29.1. The molecule has 6 unspecified atom stereocenters. The number of allylic oxidation sites excluding steroid dienone is 6. The molecule has 1 heterocycles. The third-order valence-corrected chi connectivity index (χ3v) is 8.57. The number of hydrogen-bond acceptors (Lipinski definition) is 9. The van der Waals surface area contributed by atoms with Crippen molar-refractivity contribution in [1.29, 1.82) is 0 Å². The molecule has 1 aliphatic rings. The van der Waals surface area contributed by atoms with Gasteiger partial charge in [0, 0.05) is 13.0 Å². The van der Waals surface area contributed by atoms with Gasteiger partial charge in [0.25, 0.3) is 0 Å². The van der Waals surface area contributed by atoms with Crippen molar-refractivity contribution in [1.82, 2.24) is 0 Å². The van der Waals surface area contributed by atoms with E-state index in [-0.39, 0.29) is 19.2 Å². The summed E-state index contributed by atoms with van der Waals surface area (Å²) >= 11 is 0. The average molecular weight is 683 g/mol. The molecule has 0 aliphatic carbocycles. The number of carbonyl (C=O) groups is 1. The van der Waals surface area contributed by atoms with Crippen molar-refractivity contribution in [3.63, 3.8) is 0 Å². The standard InChI is InChI=1S/C39H70O9/c1-3-5-7-9-11-12-13-14-15-16-17-18-19-20-21-23-25-27-29-45-31-33(47-35(41)28-26-24-22-10-8-6-4-2)32-46-39-38(44)37(43)36(42)34(30-40)48-39/h5,7,11-12,14-15,33-34,36-40,42-44H,3-4,6,8-10,13,16-32H2,1-2H3/b7-5-,12-11-,15-14-. The van der Waals surface area contributed by atoms with E-state index in [4.69, 9.17) is 18.9 Å². The number of aliphatic hydroxyl groups excluding tert-OH is 4. The van der Waals surface area contributed by atoms with Crippen LogP contribution in [0.15, 0.2) is 36.5 Å². The van der Waals surface area contributed by atoms with Crippen LogP contribution in [0.2, 0.25) is 0 Å². The molecule has 1 saturated heterocycles. The highest BCUT2D eigenvalue weighted by Gasteiger charge is 2.44. The molecule has 0 aromatic rings. The predicted octanol–water partition coefficient (Wildman–Crippen LogP) is 7.24. The molecule has 9 nitrogen and oxygen atoms in total. The highest BCUT2D eigenvalue weighted by atomic mass is 16.7. The fourth-order valence-electron chi connectivity index (χ4n) is 5.56. The van der Waals surface area contributed by atoms with Gasteiger partial charge in [-0.1, -0.05) is 127 Å². The summed E-state index contributed by atoms with van der Waals surface area (Å²) in [6, 6.07) is 0. The van der Waals surface area contributed by atoms with E-state index in [0.29, 0.717) is 13.0 Å². The van der Waals surface area contributed by atoms with Crippen LogP contribution in [0.25, 0.3) is 0 Å². The molecule has 4 N–H and O–H groups in total. The van der Waals surface area contributed by atoms with Gasteiger partial charge >= 0.3 is 5.97 Å². The van der Waals surface area contributed by atoms with Crippen LogP contribution in [0.5, 0.6) is 0 Å². The van der Waals surface area contributed by atoms with E-state index >= 15 is 0 Å². The molecule has 0 aromatic carbocycles. The zero-order valence-electron chi connectivity index (χ0n) is 30.2. The molecule has 280 valence electrons. The zero-order chi connectivity index (χ0) is 35.1. The Balaban J connectivity index is 2.26. The second kappa shape index (κ2) is 31.4. The molecule has 1 aliphatic heterocycles. The van der Waals surface area contributed by atoms with Crippen molar-refractivity contribution in [3.8, 4) is 0 Å². The molecule has 9 heteroatoms. The van der Waals surface area contributed by atoms with Crippen molar-refractivity contribution in [3.05, 3.63) is 36.5 Å². The second-order valence-corrected chi connectivity index (χ2v) is 13.0. The monoisotopic (exact) mass is 683 g/mol.